The summed E-state index contributed by atoms with van der Waals surface area (Å²) >= 11 is 0. The Labute approximate surface area is 171 Å². The molecule has 1 heteroatoms. The predicted octanol–water partition coefficient (Wildman–Crippen LogP) is 7.38. The summed E-state index contributed by atoms with van der Waals surface area (Å²) in [5.41, 5.74) is 9.90. The standard InChI is InChI=1S/C28H24O/c1-19-13-27-25(17-23(19)15-21-9-5-3-6-10-21)26-18-24(20(2)14-28(26)29-27)16-22-11-7-4-8-12-22/h3-14,17-18H,15-16H2,1-2H3. The smallest absolute Gasteiger partial charge is 0.135 e. The molecule has 0 amide bonds. The highest BCUT2D eigenvalue weighted by atomic mass is 16.3. The second kappa shape index (κ2) is 7.25. The highest BCUT2D eigenvalue weighted by Crippen LogP contribution is 2.34. The van der Waals surface area contributed by atoms with Gasteiger partial charge in [0.25, 0.3) is 0 Å². The van der Waals surface area contributed by atoms with Crippen molar-refractivity contribution in [3.05, 3.63) is 118 Å². The first-order valence-electron chi connectivity index (χ1n) is 10.2. The summed E-state index contributed by atoms with van der Waals surface area (Å²) in [6.45, 7) is 4.36. The fraction of sp³-hybridized carbons (Fsp3) is 0.143. The first kappa shape index (κ1) is 17.8. The van der Waals surface area contributed by atoms with Gasteiger partial charge in [-0.1, -0.05) is 60.7 Å². The molecule has 0 aliphatic rings. The van der Waals surface area contributed by atoms with Gasteiger partial charge < -0.3 is 4.42 Å². The van der Waals surface area contributed by atoms with Crippen LogP contribution in [-0.4, -0.2) is 0 Å². The highest BCUT2D eigenvalue weighted by molar-refractivity contribution is 6.06. The number of hydrogen-bond donors (Lipinski definition) is 0. The second-order valence-corrected chi connectivity index (χ2v) is 7.98. The number of aryl methyl sites for hydroxylation is 2. The van der Waals surface area contributed by atoms with Gasteiger partial charge >= 0.3 is 0 Å². The van der Waals surface area contributed by atoms with Gasteiger partial charge in [-0.2, -0.15) is 0 Å². The number of benzene rings is 4. The van der Waals surface area contributed by atoms with Crippen LogP contribution in [0.5, 0.6) is 0 Å². The molecule has 0 N–H and O–H groups in total. The molecule has 0 aliphatic carbocycles. The topological polar surface area (TPSA) is 13.1 Å². The first-order valence-corrected chi connectivity index (χ1v) is 10.2. The van der Waals surface area contributed by atoms with E-state index >= 15 is 0 Å². The molecule has 4 aromatic carbocycles. The lowest BCUT2D eigenvalue weighted by atomic mass is 9.96. The minimum Gasteiger partial charge on any atom is -0.456 e. The lowest BCUT2D eigenvalue weighted by Crippen LogP contribution is -1.92. The highest BCUT2D eigenvalue weighted by Gasteiger charge is 2.13. The molecule has 0 saturated carbocycles. The van der Waals surface area contributed by atoms with Crippen molar-refractivity contribution in [1.82, 2.24) is 0 Å². The average Bonchev–Trinajstić information content (AvgIpc) is 3.06. The third-order valence-electron chi connectivity index (χ3n) is 5.86. The van der Waals surface area contributed by atoms with E-state index in [0.29, 0.717) is 0 Å². The molecule has 0 spiro atoms. The van der Waals surface area contributed by atoms with Crippen molar-refractivity contribution in [2.24, 2.45) is 0 Å². The number of hydrogen-bond acceptors (Lipinski definition) is 1. The Hall–Kier alpha value is -3.32. The van der Waals surface area contributed by atoms with Crippen LogP contribution in [0.4, 0.5) is 0 Å². The molecule has 0 fully saturated rings. The van der Waals surface area contributed by atoms with Gasteiger partial charge in [0, 0.05) is 10.8 Å². The molecule has 0 aliphatic heterocycles. The zero-order valence-electron chi connectivity index (χ0n) is 16.9. The Bertz CT molecular complexity index is 1190. The summed E-state index contributed by atoms with van der Waals surface area (Å²) in [4.78, 5) is 0. The summed E-state index contributed by atoms with van der Waals surface area (Å²) in [6, 6.07) is 30.4. The Kier molecular flexibility index (Phi) is 4.44. The quantitative estimate of drug-likeness (QED) is 0.319. The van der Waals surface area contributed by atoms with Crippen molar-refractivity contribution in [2.45, 2.75) is 26.7 Å². The van der Waals surface area contributed by atoms with Crippen LogP contribution in [0.1, 0.15) is 33.4 Å². The number of furan rings is 1. The third kappa shape index (κ3) is 3.45. The molecule has 5 rings (SSSR count). The van der Waals surface area contributed by atoms with Crippen molar-refractivity contribution >= 4 is 21.9 Å². The fourth-order valence-electron chi connectivity index (χ4n) is 4.17. The van der Waals surface area contributed by atoms with Gasteiger partial charge in [0.2, 0.25) is 0 Å². The zero-order valence-corrected chi connectivity index (χ0v) is 16.9. The van der Waals surface area contributed by atoms with Crippen LogP contribution in [0.3, 0.4) is 0 Å². The van der Waals surface area contributed by atoms with E-state index in [4.69, 9.17) is 4.42 Å². The fourth-order valence-corrected chi connectivity index (χ4v) is 4.17. The Balaban J connectivity index is 1.61. The molecule has 0 saturated heterocycles. The van der Waals surface area contributed by atoms with Crippen LogP contribution in [0, 0.1) is 13.8 Å². The first-order chi connectivity index (χ1) is 14.2. The van der Waals surface area contributed by atoms with Crippen molar-refractivity contribution < 1.29 is 4.42 Å². The molecular formula is C28H24O. The molecular weight excluding hydrogens is 352 g/mol. The average molecular weight is 376 g/mol. The lowest BCUT2D eigenvalue weighted by Gasteiger charge is -2.07. The minimum absolute atomic E-state index is 0.942. The molecule has 0 bridgehead atoms. The van der Waals surface area contributed by atoms with Gasteiger partial charge in [-0.15, -0.1) is 0 Å². The number of fused-ring (bicyclic) bond motifs is 3. The zero-order chi connectivity index (χ0) is 19.8. The summed E-state index contributed by atoms with van der Waals surface area (Å²) in [6.07, 6.45) is 1.88. The van der Waals surface area contributed by atoms with Gasteiger partial charge in [-0.05, 0) is 84.3 Å². The molecule has 142 valence electrons. The maximum absolute atomic E-state index is 6.22. The maximum Gasteiger partial charge on any atom is 0.135 e. The van der Waals surface area contributed by atoms with Gasteiger partial charge in [-0.25, -0.2) is 0 Å². The van der Waals surface area contributed by atoms with E-state index in [1.807, 2.05) is 0 Å². The van der Waals surface area contributed by atoms with Crippen LogP contribution in [0.15, 0.2) is 89.3 Å². The van der Waals surface area contributed by atoms with E-state index in [2.05, 4.69) is 98.8 Å². The van der Waals surface area contributed by atoms with Gasteiger partial charge in [0.15, 0.2) is 0 Å². The monoisotopic (exact) mass is 376 g/mol. The molecule has 29 heavy (non-hydrogen) atoms. The Morgan fingerprint density at radius 2 is 0.966 bits per heavy atom. The van der Waals surface area contributed by atoms with E-state index in [1.54, 1.807) is 0 Å². The molecule has 1 nitrogen and oxygen atoms in total. The van der Waals surface area contributed by atoms with E-state index in [1.165, 1.54) is 44.2 Å². The largest absolute Gasteiger partial charge is 0.456 e. The predicted molar refractivity (Wildman–Crippen MR) is 122 cm³/mol. The lowest BCUT2D eigenvalue weighted by molar-refractivity contribution is 0.668. The third-order valence-corrected chi connectivity index (χ3v) is 5.86. The Morgan fingerprint density at radius 3 is 1.38 bits per heavy atom. The van der Waals surface area contributed by atoms with E-state index in [0.717, 1.165) is 24.0 Å². The van der Waals surface area contributed by atoms with Gasteiger partial charge in [0.05, 0.1) is 0 Å². The minimum atomic E-state index is 0.942. The number of rotatable bonds is 4. The molecule has 0 unspecified atom stereocenters. The summed E-state index contributed by atoms with van der Waals surface area (Å²) in [7, 11) is 0. The van der Waals surface area contributed by atoms with E-state index in [-0.39, 0.29) is 0 Å². The van der Waals surface area contributed by atoms with E-state index < -0.39 is 0 Å². The van der Waals surface area contributed by atoms with Crippen molar-refractivity contribution in [2.75, 3.05) is 0 Å². The molecule has 1 heterocycles. The van der Waals surface area contributed by atoms with E-state index in [9.17, 15) is 0 Å². The SMILES string of the molecule is Cc1cc2oc3cc(C)c(Cc4ccccc4)cc3c2cc1Cc1ccccc1. The van der Waals surface area contributed by atoms with Crippen LogP contribution in [-0.2, 0) is 12.8 Å². The molecule has 0 radical (unpaired) electrons. The van der Waals surface area contributed by atoms with Crippen LogP contribution in [0.25, 0.3) is 21.9 Å². The summed E-state index contributed by atoms with van der Waals surface area (Å²) in [5.74, 6) is 0. The van der Waals surface area contributed by atoms with Gasteiger partial charge in [0.1, 0.15) is 11.2 Å². The molecule has 5 aromatic rings. The summed E-state index contributed by atoms with van der Waals surface area (Å²) in [5, 5.41) is 2.43. The van der Waals surface area contributed by atoms with Crippen molar-refractivity contribution in [3.8, 4) is 0 Å². The van der Waals surface area contributed by atoms with Crippen LogP contribution < -0.4 is 0 Å². The Morgan fingerprint density at radius 1 is 0.552 bits per heavy atom. The summed E-state index contributed by atoms with van der Waals surface area (Å²) < 4.78 is 6.22. The van der Waals surface area contributed by atoms with Crippen molar-refractivity contribution in [1.29, 1.82) is 0 Å². The van der Waals surface area contributed by atoms with Crippen molar-refractivity contribution in [3.63, 3.8) is 0 Å². The second-order valence-electron chi connectivity index (χ2n) is 7.98. The van der Waals surface area contributed by atoms with Crippen LogP contribution >= 0.6 is 0 Å². The van der Waals surface area contributed by atoms with Crippen LogP contribution in [0.2, 0.25) is 0 Å². The normalized spacial score (nSPS) is 11.4. The maximum atomic E-state index is 6.22. The van der Waals surface area contributed by atoms with Gasteiger partial charge in [-0.3, -0.25) is 0 Å². The molecule has 1 aromatic heterocycles. The molecule has 0 atom stereocenters.